The lowest BCUT2D eigenvalue weighted by Gasteiger charge is -2.24. The molecule has 0 aliphatic carbocycles. The van der Waals surface area contributed by atoms with Crippen LogP contribution in [0.3, 0.4) is 0 Å². The Morgan fingerprint density at radius 3 is 2.46 bits per heavy atom. The maximum Gasteiger partial charge on any atom is 0.339 e. The van der Waals surface area contributed by atoms with E-state index in [1.54, 1.807) is 42.5 Å². The van der Waals surface area contributed by atoms with Crippen molar-refractivity contribution in [1.82, 2.24) is 4.31 Å². The molecule has 0 saturated carbocycles. The van der Waals surface area contributed by atoms with Crippen molar-refractivity contribution in [3.8, 4) is 0 Å². The van der Waals surface area contributed by atoms with Crippen molar-refractivity contribution in [2.75, 3.05) is 19.0 Å². The van der Waals surface area contributed by atoms with Gasteiger partial charge in [-0.25, -0.2) is 13.2 Å². The number of methoxy groups -OCH3 is 1. The van der Waals surface area contributed by atoms with Gasteiger partial charge in [0.05, 0.1) is 23.3 Å². The van der Waals surface area contributed by atoms with Crippen molar-refractivity contribution in [2.24, 2.45) is 0 Å². The molecule has 1 N–H and O–H groups in total. The van der Waals surface area contributed by atoms with E-state index in [9.17, 15) is 18.0 Å². The Kier molecular flexibility index (Phi) is 5.81. The molecule has 1 unspecified atom stereocenters. The molecule has 0 spiro atoms. The van der Waals surface area contributed by atoms with E-state index in [-0.39, 0.29) is 17.0 Å². The molecule has 0 bridgehead atoms. The van der Waals surface area contributed by atoms with E-state index < -0.39 is 27.9 Å². The minimum atomic E-state index is -3.79. The summed E-state index contributed by atoms with van der Waals surface area (Å²) < 4.78 is 32.0. The van der Waals surface area contributed by atoms with Gasteiger partial charge >= 0.3 is 5.97 Å². The van der Waals surface area contributed by atoms with Crippen LogP contribution in [0.25, 0.3) is 0 Å². The summed E-state index contributed by atoms with van der Waals surface area (Å²) in [6, 6.07) is 12.2. The highest BCUT2D eigenvalue weighted by atomic mass is 32.2. The first-order valence-electron chi connectivity index (χ1n) is 8.91. The normalized spacial score (nSPS) is 17.3. The van der Waals surface area contributed by atoms with Gasteiger partial charge < -0.3 is 10.1 Å². The molecular weight excluding hydrogens is 380 g/mol. The van der Waals surface area contributed by atoms with Crippen molar-refractivity contribution < 1.29 is 22.7 Å². The van der Waals surface area contributed by atoms with E-state index in [0.717, 1.165) is 5.56 Å². The van der Waals surface area contributed by atoms with E-state index in [2.05, 4.69) is 5.32 Å². The summed E-state index contributed by atoms with van der Waals surface area (Å²) in [5, 5.41) is 2.68. The van der Waals surface area contributed by atoms with Crippen LogP contribution in [0.2, 0.25) is 0 Å². The molecule has 2 aromatic carbocycles. The number of carbonyl (C=O) groups is 2. The predicted octanol–water partition coefficient (Wildman–Crippen LogP) is 2.57. The Balaban J connectivity index is 1.84. The molecule has 3 rings (SSSR count). The van der Waals surface area contributed by atoms with E-state index in [1.165, 1.54) is 17.5 Å². The molecule has 8 heteroatoms. The van der Waals surface area contributed by atoms with E-state index in [0.29, 0.717) is 18.5 Å². The summed E-state index contributed by atoms with van der Waals surface area (Å²) in [5.74, 6) is -1.05. The van der Waals surface area contributed by atoms with Crippen LogP contribution in [-0.4, -0.2) is 44.3 Å². The average Bonchev–Trinajstić information content (AvgIpc) is 3.19. The largest absolute Gasteiger partial charge is 0.465 e. The van der Waals surface area contributed by atoms with Crippen LogP contribution >= 0.6 is 0 Å². The van der Waals surface area contributed by atoms with Gasteiger partial charge in [-0.05, 0) is 44.0 Å². The number of ether oxygens (including phenoxy) is 1. The minimum Gasteiger partial charge on any atom is -0.465 e. The van der Waals surface area contributed by atoms with Gasteiger partial charge in [0.15, 0.2) is 0 Å². The van der Waals surface area contributed by atoms with Gasteiger partial charge in [-0.2, -0.15) is 4.31 Å². The van der Waals surface area contributed by atoms with Crippen molar-refractivity contribution in [3.05, 3.63) is 59.7 Å². The van der Waals surface area contributed by atoms with Crippen molar-refractivity contribution in [1.29, 1.82) is 0 Å². The summed E-state index contributed by atoms with van der Waals surface area (Å²) in [7, 11) is -2.53. The summed E-state index contributed by atoms with van der Waals surface area (Å²) in [6.45, 7) is 2.15. The van der Waals surface area contributed by atoms with Crippen molar-refractivity contribution in [2.45, 2.75) is 30.7 Å². The highest BCUT2D eigenvalue weighted by Crippen LogP contribution is 2.27. The molecule has 1 heterocycles. The number of anilines is 1. The minimum absolute atomic E-state index is 0.160. The monoisotopic (exact) mass is 402 g/mol. The number of esters is 1. The number of benzene rings is 2. The average molecular weight is 402 g/mol. The van der Waals surface area contributed by atoms with E-state index in [1.807, 2.05) is 6.92 Å². The number of hydrogen-bond donors (Lipinski definition) is 1. The summed E-state index contributed by atoms with van der Waals surface area (Å²) in [5.41, 5.74) is 1.46. The smallest absolute Gasteiger partial charge is 0.339 e. The summed E-state index contributed by atoms with van der Waals surface area (Å²) >= 11 is 0. The maximum absolute atomic E-state index is 13.0. The van der Waals surface area contributed by atoms with Gasteiger partial charge in [0.25, 0.3) is 0 Å². The van der Waals surface area contributed by atoms with Crippen molar-refractivity contribution >= 4 is 27.6 Å². The topological polar surface area (TPSA) is 92.8 Å². The second-order valence-electron chi connectivity index (χ2n) is 6.61. The third kappa shape index (κ3) is 3.93. The molecule has 1 atom stereocenters. The molecule has 1 saturated heterocycles. The zero-order valence-electron chi connectivity index (χ0n) is 15.7. The number of para-hydroxylation sites is 1. The molecule has 28 heavy (non-hydrogen) atoms. The van der Waals surface area contributed by atoms with Gasteiger partial charge in [0.1, 0.15) is 6.04 Å². The zero-order valence-corrected chi connectivity index (χ0v) is 16.5. The lowest BCUT2D eigenvalue weighted by atomic mass is 10.1. The third-order valence-electron chi connectivity index (χ3n) is 4.72. The fourth-order valence-electron chi connectivity index (χ4n) is 3.23. The van der Waals surface area contributed by atoms with Gasteiger partial charge in [-0.1, -0.05) is 29.8 Å². The second kappa shape index (κ2) is 8.12. The maximum atomic E-state index is 13.0. The van der Waals surface area contributed by atoms with Gasteiger partial charge in [0, 0.05) is 6.54 Å². The van der Waals surface area contributed by atoms with Crippen LogP contribution in [-0.2, 0) is 19.6 Å². The molecular formula is C20H22N2O5S. The molecule has 0 aromatic heterocycles. The van der Waals surface area contributed by atoms with Crippen LogP contribution in [0.4, 0.5) is 5.69 Å². The van der Waals surface area contributed by atoms with Crippen LogP contribution in [0.1, 0.15) is 28.8 Å². The number of nitrogens with one attached hydrogen (secondary N) is 1. The Hall–Kier alpha value is -2.71. The summed E-state index contributed by atoms with van der Waals surface area (Å²) in [4.78, 5) is 24.9. The van der Waals surface area contributed by atoms with Gasteiger partial charge in [0.2, 0.25) is 15.9 Å². The lowest BCUT2D eigenvalue weighted by molar-refractivity contribution is -0.119. The van der Waals surface area contributed by atoms with Crippen LogP contribution < -0.4 is 5.32 Å². The number of rotatable bonds is 5. The predicted molar refractivity (Wildman–Crippen MR) is 105 cm³/mol. The first-order valence-corrected chi connectivity index (χ1v) is 10.4. The van der Waals surface area contributed by atoms with Gasteiger partial charge in [-0.15, -0.1) is 0 Å². The highest BCUT2D eigenvalue weighted by molar-refractivity contribution is 7.89. The first kappa shape index (κ1) is 20.0. The molecule has 0 radical (unpaired) electrons. The number of amides is 1. The molecule has 1 aliphatic heterocycles. The molecule has 2 aromatic rings. The number of carbonyl (C=O) groups excluding carboxylic acids is 2. The van der Waals surface area contributed by atoms with Gasteiger partial charge in [-0.3, -0.25) is 4.79 Å². The first-order chi connectivity index (χ1) is 13.3. The highest BCUT2D eigenvalue weighted by Gasteiger charge is 2.39. The number of nitrogens with zero attached hydrogens (tertiary/aromatic N) is 1. The summed E-state index contributed by atoms with van der Waals surface area (Å²) in [6.07, 6.45) is 0.999. The Labute approximate surface area is 164 Å². The van der Waals surface area contributed by atoms with Crippen molar-refractivity contribution in [3.63, 3.8) is 0 Å². The fraction of sp³-hybridized carbons (Fsp3) is 0.300. The van der Waals surface area contributed by atoms with E-state index in [4.69, 9.17) is 4.74 Å². The molecule has 7 nitrogen and oxygen atoms in total. The zero-order chi connectivity index (χ0) is 20.3. The molecule has 1 fully saturated rings. The lowest BCUT2D eigenvalue weighted by Crippen LogP contribution is -2.43. The number of sulfonamides is 1. The Morgan fingerprint density at radius 2 is 1.79 bits per heavy atom. The fourth-order valence-corrected chi connectivity index (χ4v) is 4.89. The molecule has 1 aliphatic rings. The van der Waals surface area contributed by atoms with Crippen LogP contribution in [0.15, 0.2) is 53.4 Å². The van der Waals surface area contributed by atoms with E-state index >= 15 is 0 Å². The Morgan fingerprint density at radius 1 is 1.11 bits per heavy atom. The third-order valence-corrected chi connectivity index (χ3v) is 6.65. The molecule has 148 valence electrons. The standard InChI is InChI=1S/C20H22N2O5S/c1-14-9-11-15(12-10-14)28(25,26)22-13-5-8-18(22)19(23)21-17-7-4-3-6-16(17)20(24)27-2/h3-4,6-7,9-12,18H,5,8,13H2,1-2H3,(H,21,23). The SMILES string of the molecule is COC(=O)c1ccccc1NC(=O)C1CCCN1S(=O)(=O)c1ccc(C)cc1. The number of hydrogen-bond acceptors (Lipinski definition) is 5. The van der Waals surface area contributed by atoms with Crippen LogP contribution in [0.5, 0.6) is 0 Å². The van der Waals surface area contributed by atoms with Crippen LogP contribution in [0, 0.1) is 6.92 Å². The number of aryl methyl sites for hydroxylation is 1. The Bertz CT molecular complexity index is 986. The quantitative estimate of drug-likeness (QED) is 0.776. The molecule has 1 amide bonds. The second-order valence-corrected chi connectivity index (χ2v) is 8.50.